The number of ketones is 1. The van der Waals surface area contributed by atoms with Gasteiger partial charge in [-0.1, -0.05) is 107 Å². The minimum absolute atomic E-state index is 0. The number of rotatable bonds is 28. The number of anilines is 2. The van der Waals surface area contributed by atoms with Crippen LogP contribution in [-0.2, 0) is 43.4 Å². The van der Waals surface area contributed by atoms with E-state index < -0.39 is 11.7 Å². The maximum Gasteiger partial charge on any atom is 0.421 e. The largest absolute Gasteiger partial charge is 0.443 e. The van der Waals surface area contributed by atoms with Gasteiger partial charge in [-0.15, -0.1) is 29.8 Å². The predicted molar refractivity (Wildman–Crippen MR) is 297 cm³/mol. The standard InChI is InChI=1S/C25H36N6O.C15H23N3O2.C14H20N4O.CH4.ClH/c1-2-3-5-9-20-13-15-21(16-14-20)24(32)12-8-17-31-19-23(29-30-31)11-7-4-6-10-22-18-27-25(26)28-22;1-5-6-7-8-9-10-12-11-18(13(16)17-12)14(19)20-15(2,3)4;1-2-3-4-5-12-6-8-13(9-7-12)14(19)16-10-11-17-18-15;;/h13-16,18-19H,2-12,17H2,1H3,(H3,26,27,28);1,11H,6-10H2,2-4H3,(H2,16,17);6-9H,2-5,10-11H2,1H3,(H,16,19);1H4;1H. The maximum atomic E-state index is 12.5. The van der Waals surface area contributed by atoms with Crippen LogP contribution >= 0.6 is 12.4 Å². The highest BCUT2D eigenvalue weighted by molar-refractivity contribution is 5.96. The molecule has 0 bridgehead atoms. The van der Waals surface area contributed by atoms with Gasteiger partial charge in [0, 0.05) is 66.6 Å². The van der Waals surface area contributed by atoms with Crippen molar-refractivity contribution >= 4 is 42.1 Å². The Balaban J connectivity index is 0.000000569. The molecule has 3 heterocycles. The number of nitrogen functional groups attached to an aromatic ring is 2. The Kier molecular flexibility index (Phi) is 32.8. The summed E-state index contributed by atoms with van der Waals surface area (Å²) >= 11 is 0. The number of nitrogens with zero attached hydrogens (tertiary/aromatic N) is 9. The Morgan fingerprint density at radius 1 is 0.808 bits per heavy atom. The molecule has 5 rings (SSSR count). The number of aromatic amines is 1. The van der Waals surface area contributed by atoms with E-state index in [-0.39, 0.29) is 44.0 Å². The van der Waals surface area contributed by atoms with E-state index >= 15 is 0 Å². The van der Waals surface area contributed by atoms with Crippen LogP contribution in [0.2, 0.25) is 0 Å². The minimum atomic E-state index is -0.552. The molecule has 17 nitrogen and oxygen atoms in total. The summed E-state index contributed by atoms with van der Waals surface area (Å²) < 4.78 is 8.36. The number of Topliss-reactive ketones (excluding diaryl/α,β-unsaturated/α-hetero) is 1. The fraction of sp³-hybridized carbons (Fsp3) is 0.545. The number of carbonyl (C=O) groups is 3. The van der Waals surface area contributed by atoms with Gasteiger partial charge in [0.25, 0.3) is 5.91 Å². The van der Waals surface area contributed by atoms with Gasteiger partial charge >= 0.3 is 6.09 Å². The molecular formula is C55H84ClN13O4. The number of benzene rings is 2. The summed E-state index contributed by atoms with van der Waals surface area (Å²) in [7, 11) is 0. The number of nitrogens with one attached hydrogen (secondary N) is 2. The highest BCUT2D eigenvalue weighted by Crippen LogP contribution is 2.16. The van der Waals surface area contributed by atoms with E-state index in [9.17, 15) is 14.4 Å². The van der Waals surface area contributed by atoms with Crippen molar-refractivity contribution in [3.05, 3.63) is 117 Å². The van der Waals surface area contributed by atoms with Gasteiger partial charge in [-0.2, -0.15) is 0 Å². The lowest BCUT2D eigenvalue weighted by molar-refractivity contribution is 0.0540. The van der Waals surface area contributed by atoms with Gasteiger partial charge in [0.05, 0.1) is 17.6 Å². The minimum Gasteiger partial charge on any atom is -0.443 e. The predicted octanol–water partition coefficient (Wildman–Crippen LogP) is 12.4. The van der Waals surface area contributed by atoms with E-state index in [0.29, 0.717) is 24.5 Å². The maximum absolute atomic E-state index is 12.5. The zero-order valence-corrected chi connectivity index (χ0v) is 44.2. The third kappa shape index (κ3) is 27.7. The Labute approximate surface area is 440 Å². The van der Waals surface area contributed by atoms with Crippen molar-refractivity contribution in [1.29, 1.82) is 0 Å². The fourth-order valence-electron chi connectivity index (χ4n) is 7.35. The Bertz CT molecular complexity index is 2390. The summed E-state index contributed by atoms with van der Waals surface area (Å²) in [5.41, 5.74) is 25.8. The van der Waals surface area contributed by atoms with Gasteiger partial charge in [-0.3, -0.25) is 14.3 Å². The number of ether oxygens (including phenoxy) is 1. The highest BCUT2D eigenvalue weighted by Gasteiger charge is 2.20. The molecular weight excluding hydrogens is 942 g/mol. The van der Waals surface area contributed by atoms with Crippen LogP contribution in [0.5, 0.6) is 0 Å². The molecule has 0 aliphatic carbocycles. The molecule has 1 amide bonds. The first-order valence-corrected chi connectivity index (χ1v) is 25.4. The lowest BCUT2D eigenvalue weighted by Gasteiger charge is -2.19. The summed E-state index contributed by atoms with van der Waals surface area (Å²) in [5.74, 6) is 3.33. The molecule has 2 aromatic carbocycles. The lowest BCUT2D eigenvalue weighted by Crippen LogP contribution is -2.27. The third-order valence-corrected chi connectivity index (χ3v) is 11.2. The molecule has 0 fully saturated rings. The number of halogens is 1. The second kappa shape index (κ2) is 37.2. The van der Waals surface area contributed by atoms with Gasteiger partial charge < -0.3 is 26.5 Å². The van der Waals surface area contributed by atoms with Crippen LogP contribution in [-0.4, -0.2) is 71.0 Å². The molecule has 6 N–H and O–H groups in total. The molecule has 5 aromatic rings. The number of H-pyrrole nitrogens is 1. The SMILES string of the molecule is C.C#CCCCCCc1cn(C(=O)OC(C)(C)C)c(N)n1.CCCCCc1ccc(C(=O)CCCn2cc(CCCCCc3cnc(N)[nH]3)nn2)cc1.CCCCCc1ccc(C(=O)NCCN=[N+]=[N-])cc1.Cl. The average molecular weight is 1030 g/mol. The van der Waals surface area contributed by atoms with Crippen molar-refractivity contribution in [2.75, 3.05) is 24.6 Å². The smallest absolute Gasteiger partial charge is 0.421 e. The van der Waals surface area contributed by atoms with Crippen LogP contribution in [0, 0.1) is 12.3 Å². The zero-order valence-electron chi connectivity index (χ0n) is 43.4. The van der Waals surface area contributed by atoms with Crippen molar-refractivity contribution in [2.24, 2.45) is 5.11 Å². The average Bonchev–Trinajstić information content (AvgIpc) is 4.10. The summed E-state index contributed by atoms with van der Waals surface area (Å²) in [4.78, 5) is 50.0. The number of azide groups is 1. The number of aryl methyl sites for hydroxylation is 6. The van der Waals surface area contributed by atoms with Crippen molar-refractivity contribution in [1.82, 2.24) is 39.8 Å². The Hall–Kier alpha value is -6.63. The quantitative estimate of drug-likeness (QED) is 0.00920. The molecule has 73 heavy (non-hydrogen) atoms. The van der Waals surface area contributed by atoms with Crippen LogP contribution in [0.25, 0.3) is 10.4 Å². The van der Waals surface area contributed by atoms with Crippen LogP contribution in [0.1, 0.15) is 187 Å². The van der Waals surface area contributed by atoms with Gasteiger partial charge in [-0.25, -0.2) is 19.3 Å². The zero-order chi connectivity index (χ0) is 51.7. The van der Waals surface area contributed by atoms with Crippen LogP contribution in [0.3, 0.4) is 0 Å². The molecule has 0 saturated carbocycles. The van der Waals surface area contributed by atoms with E-state index in [0.717, 1.165) is 113 Å². The molecule has 18 heteroatoms. The summed E-state index contributed by atoms with van der Waals surface area (Å²) in [5, 5.41) is 14.5. The second-order valence-electron chi connectivity index (χ2n) is 18.6. The van der Waals surface area contributed by atoms with Crippen molar-refractivity contribution < 1.29 is 19.1 Å². The monoisotopic (exact) mass is 1030 g/mol. The van der Waals surface area contributed by atoms with E-state index in [4.69, 9.17) is 28.2 Å². The number of aromatic nitrogens is 7. The van der Waals surface area contributed by atoms with E-state index in [2.05, 4.69) is 72.5 Å². The van der Waals surface area contributed by atoms with Gasteiger partial charge in [-0.05, 0) is 127 Å². The number of hydrogen-bond acceptors (Lipinski definition) is 11. The van der Waals surface area contributed by atoms with Gasteiger partial charge in [0.2, 0.25) is 5.95 Å². The van der Waals surface area contributed by atoms with Crippen LogP contribution < -0.4 is 16.8 Å². The van der Waals surface area contributed by atoms with Crippen LogP contribution in [0.4, 0.5) is 16.7 Å². The van der Waals surface area contributed by atoms with Crippen LogP contribution in [0.15, 0.2) is 72.2 Å². The topological polar surface area (TPSA) is 250 Å². The molecule has 400 valence electrons. The molecule has 0 aliphatic rings. The number of amides is 1. The Morgan fingerprint density at radius 3 is 1.97 bits per heavy atom. The van der Waals surface area contributed by atoms with E-state index in [1.807, 2.05) is 68.0 Å². The molecule has 3 aromatic heterocycles. The fourth-order valence-corrected chi connectivity index (χ4v) is 7.35. The highest BCUT2D eigenvalue weighted by atomic mass is 35.5. The number of terminal acetylenes is 1. The molecule has 0 radical (unpaired) electrons. The normalized spacial score (nSPS) is 10.5. The number of unbranched alkanes of at least 4 members (excludes halogenated alkanes) is 9. The van der Waals surface area contributed by atoms with Gasteiger partial charge in [0.1, 0.15) is 5.60 Å². The van der Waals surface area contributed by atoms with Crippen molar-refractivity contribution in [3.8, 4) is 12.3 Å². The number of imidazole rings is 2. The molecule has 0 saturated heterocycles. The number of nitrogens with two attached hydrogens (primary N) is 2. The first-order chi connectivity index (χ1) is 34.2. The van der Waals surface area contributed by atoms with E-state index in [1.54, 1.807) is 12.4 Å². The first kappa shape index (κ1) is 64.4. The van der Waals surface area contributed by atoms with Gasteiger partial charge in [0.15, 0.2) is 11.7 Å². The molecule has 0 aliphatic heterocycles. The van der Waals surface area contributed by atoms with Crippen molar-refractivity contribution in [3.63, 3.8) is 0 Å². The summed E-state index contributed by atoms with van der Waals surface area (Å²) in [6.07, 6.45) is 30.7. The Morgan fingerprint density at radius 2 is 1.40 bits per heavy atom. The lowest BCUT2D eigenvalue weighted by atomic mass is 10.0. The van der Waals surface area contributed by atoms with Crippen molar-refractivity contribution in [2.45, 2.75) is 183 Å². The molecule has 0 atom stereocenters. The first-order valence-electron chi connectivity index (χ1n) is 25.4. The summed E-state index contributed by atoms with van der Waals surface area (Å²) in [6.45, 7) is 11.2. The van der Waals surface area contributed by atoms with E-state index in [1.165, 1.54) is 54.2 Å². The second-order valence-corrected chi connectivity index (χ2v) is 18.6. The third-order valence-electron chi connectivity index (χ3n) is 11.2. The summed E-state index contributed by atoms with van der Waals surface area (Å²) in [6, 6.07) is 15.8. The molecule has 0 unspecified atom stereocenters. The molecule has 0 spiro atoms. The number of carbonyl (C=O) groups excluding carboxylic acids is 3. The number of hydrogen-bond donors (Lipinski definition) is 4.